The van der Waals surface area contributed by atoms with Crippen LogP contribution in [0.3, 0.4) is 0 Å². The van der Waals surface area contributed by atoms with Gasteiger partial charge >= 0.3 is 0 Å². The number of aromatic amines is 1. The zero-order valence-corrected chi connectivity index (χ0v) is 15.6. The van der Waals surface area contributed by atoms with E-state index in [2.05, 4.69) is 25.8 Å². The van der Waals surface area contributed by atoms with Gasteiger partial charge in [-0.2, -0.15) is 0 Å². The van der Waals surface area contributed by atoms with Gasteiger partial charge in [0.1, 0.15) is 5.69 Å². The lowest BCUT2D eigenvalue weighted by atomic mass is 10.2. The molecule has 2 fully saturated rings. The van der Waals surface area contributed by atoms with Crippen LogP contribution < -0.4 is 0 Å². The zero-order chi connectivity index (χ0) is 16.9. The SMILES string of the molecule is O=C(CN1CCN(C(=O)c2cc(Br)c[nH]2)CC1)N1CCCCCC1. The number of nitrogens with one attached hydrogen (secondary N) is 1. The molecule has 0 spiro atoms. The highest BCUT2D eigenvalue weighted by molar-refractivity contribution is 9.10. The van der Waals surface area contributed by atoms with Crippen molar-refractivity contribution >= 4 is 27.7 Å². The Bertz CT molecular complexity index is 573. The molecule has 2 amide bonds. The Morgan fingerprint density at radius 2 is 1.62 bits per heavy atom. The van der Waals surface area contributed by atoms with E-state index in [1.807, 2.05) is 9.80 Å². The van der Waals surface area contributed by atoms with Gasteiger partial charge < -0.3 is 14.8 Å². The standard InChI is InChI=1S/C17H25BrN4O2/c18-14-11-15(19-12-14)17(24)22-9-7-20(8-10-22)13-16(23)21-5-3-1-2-4-6-21/h11-12,19H,1-10,13H2. The second-order valence-corrected chi connectivity index (χ2v) is 7.51. The number of aromatic nitrogens is 1. The summed E-state index contributed by atoms with van der Waals surface area (Å²) in [5.41, 5.74) is 0.607. The molecular weight excluding hydrogens is 372 g/mol. The van der Waals surface area contributed by atoms with Crippen molar-refractivity contribution in [3.05, 3.63) is 22.4 Å². The zero-order valence-electron chi connectivity index (χ0n) is 14.0. The smallest absolute Gasteiger partial charge is 0.270 e. The van der Waals surface area contributed by atoms with Crippen LogP contribution in [0, 0.1) is 0 Å². The highest BCUT2D eigenvalue weighted by Gasteiger charge is 2.25. The van der Waals surface area contributed by atoms with E-state index in [-0.39, 0.29) is 11.8 Å². The van der Waals surface area contributed by atoms with Gasteiger partial charge in [-0.1, -0.05) is 12.8 Å². The number of halogens is 1. The molecule has 0 aliphatic carbocycles. The van der Waals surface area contributed by atoms with E-state index in [9.17, 15) is 9.59 Å². The van der Waals surface area contributed by atoms with Crippen molar-refractivity contribution in [2.45, 2.75) is 25.7 Å². The van der Waals surface area contributed by atoms with Crippen LogP contribution in [-0.2, 0) is 4.79 Å². The number of hydrogen-bond donors (Lipinski definition) is 1. The van der Waals surface area contributed by atoms with Crippen molar-refractivity contribution in [3.63, 3.8) is 0 Å². The summed E-state index contributed by atoms with van der Waals surface area (Å²) in [4.78, 5) is 33.9. The van der Waals surface area contributed by atoms with E-state index in [4.69, 9.17) is 0 Å². The molecule has 1 N–H and O–H groups in total. The molecule has 0 aromatic carbocycles. The average Bonchev–Trinajstić information content (AvgIpc) is 2.85. The first-order chi connectivity index (χ1) is 11.6. The van der Waals surface area contributed by atoms with Gasteiger partial charge in [-0.3, -0.25) is 14.5 Å². The molecule has 0 unspecified atom stereocenters. The lowest BCUT2D eigenvalue weighted by molar-refractivity contribution is -0.132. The first-order valence-corrected chi connectivity index (χ1v) is 9.56. The first-order valence-electron chi connectivity index (χ1n) is 8.77. The van der Waals surface area contributed by atoms with Crippen LogP contribution in [0.1, 0.15) is 36.2 Å². The summed E-state index contributed by atoms with van der Waals surface area (Å²) in [5, 5.41) is 0. The van der Waals surface area contributed by atoms with Gasteiger partial charge in [-0.25, -0.2) is 0 Å². The summed E-state index contributed by atoms with van der Waals surface area (Å²) in [6.45, 7) is 5.14. The highest BCUT2D eigenvalue weighted by atomic mass is 79.9. The second-order valence-electron chi connectivity index (χ2n) is 6.59. The molecule has 0 radical (unpaired) electrons. The van der Waals surface area contributed by atoms with E-state index in [1.165, 1.54) is 12.8 Å². The molecule has 0 saturated carbocycles. The number of likely N-dealkylation sites (tertiary alicyclic amines) is 1. The lowest BCUT2D eigenvalue weighted by Gasteiger charge is -2.35. The van der Waals surface area contributed by atoms with Gasteiger partial charge in [0, 0.05) is 49.9 Å². The fraction of sp³-hybridized carbons (Fsp3) is 0.647. The Kier molecular flexibility index (Phi) is 5.94. The molecule has 2 aliphatic heterocycles. The molecule has 2 saturated heterocycles. The number of carbonyl (C=O) groups excluding carboxylic acids is 2. The third kappa shape index (κ3) is 4.39. The summed E-state index contributed by atoms with van der Waals surface area (Å²) < 4.78 is 0.882. The Balaban J connectivity index is 1.46. The molecule has 3 heterocycles. The molecule has 7 heteroatoms. The third-order valence-corrected chi connectivity index (χ3v) is 5.31. The number of carbonyl (C=O) groups is 2. The van der Waals surface area contributed by atoms with Crippen LogP contribution in [0.4, 0.5) is 0 Å². The average molecular weight is 397 g/mol. The summed E-state index contributed by atoms with van der Waals surface area (Å²) in [5.74, 6) is 0.268. The van der Waals surface area contributed by atoms with Gasteiger partial charge in [-0.05, 0) is 34.8 Å². The monoisotopic (exact) mass is 396 g/mol. The Hall–Kier alpha value is -1.34. The minimum Gasteiger partial charge on any atom is -0.356 e. The predicted molar refractivity (Wildman–Crippen MR) is 95.9 cm³/mol. The van der Waals surface area contributed by atoms with E-state index in [1.54, 1.807) is 12.3 Å². The van der Waals surface area contributed by atoms with Gasteiger partial charge in [0.25, 0.3) is 5.91 Å². The predicted octanol–water partition coefficient (Wildman–Crippen LogP) is 1.94. The molecule has 24 heavy (non-hydrogen) atoms. The first kappa shape index (κ1) is 17.5. The maximum Gasteiger partial charge on any atom is 0.270 e. The van der Waals surface area contributed by atoms with Gasteiger partial charge in [-0.15, -0.1) is 0 Å². The summed E-state index contributed by atoms with van der Waals surface area (Å²) in [7, 11) is 0. The number of amides is 2. The minimum absolute atomic E-state index is 0.0270. The van der Waals surface area contributed by atoms with Crippen LogP contribution in [0.2, 0.25) is 0 Å². The molecule has 132 valence electrons. The lowest BCUT2D eigenvalue weighted by Crippen LogP contribution is -2.51. The molecule has 0 atom stereocenters. The number of piperazine rings is 1. The van der Waals surface area contributed by atoms with Crippen LogP contribution in [0.5, 0.6) is 0 Å². The number of hydrogen-bond acceptors (Lipinski definition) is 3. The van der Waals surface area contributed by atoms with Crippen molar-refractivity contribution in [2.24, 2.45) is 0 Å². The maximum atomic E-state index is 12.5. The van der Waals surface area contributed by atoms with E-state index in [0.717, 1.165) is 43.5 Å². The van der Waals surface area contributed by atoms with Crippen molar-refractivity contribution < 1.29 is 9.59 Å². The fourth-order valence-corrected chi connectivity index (χ4v) is 3.73. The Labute approximate surface area is 151 Å². The highest BCUT2D eigenvalue weighted by Crippen LogP contribution is 2.14. The number of rotatable bonds is 3. The molecule has 6 nitrogen and oxygen atoms in total. The number of H-pyrrole nitrogens is 1. The molecule has 2 aliphatic rings. The normalized spacial score (nSPS) is 20.0. The molecule has 3 rings (SSSR count). The molecule has 1 aromatic heterocycles. The van der Waals surface area contributed by atoms with Crippen LogP contribution in [-0.4, -0.2) is 77.3 Å². The van der Waals surface area contributed by atoms with Crippen LogP contribution >= 0.6 is 15.9 Å². The number of nitrogens with zero attached hydrogens (tertiary/aromatic N) is 3. The van der Waals surface area contributed by atoms with Crippen molar-refractivity contribution in [3.8, 4) is 0 Å². The molecular formula is C17H25BrN4O2. The minimum atomic E-state index is 0.0270. The third-order valence-electron chi connectivity index (χ3n) is 4.86. The maximum absolute atomic E-state index is 12.5. The Morgan fingerprint density at radius 1 is 0.958 bits per heavy atom. The molecule has 0 bridgehead atoms. The summed E-state index contributed by atoms with van der Waals surface area (Å²) >= 11 is 3.35. The summed E-state index contributed by atoms with van der Waals surface area (Å²) in [6.07, 6.45) is 6.49. The van der Waals surface area contributed by atoms with Crippen LogP contribution in [0.15, 0.2) is 16.7 Å². The van der Waals surface area contributed by atoms with Crippen LogP contribution in [0.25, 0.3) is 0 Å². The fourth-order valence-electron chi connectivity index (χ4n) is 3.38. The second kappa shape index (κ2) is 8.16. The van der Waals surface area contributed by atoms with Gasteiger partial charge in [0.15, 0.2) is 0 Å². The topological polar surface area (TPSA) is 59.7 Å². The largest absolute Gasteiger partial charge is 0.356 e. The molecule has 1 aromatic rings. The summed E-state index contributed by atoms with van der Waals surface area (Å²) in [6, 6.07) is 1.80. The van der Waals surface area contributed by atoms with E-state index in [0.29, 0.717) is 25.3 Å². The quantitative estimate of drug-likeness (QED) is 0.848. The van der Waals surface area contributed by atoms with E-state index >= 15 is 0 Å². The van der Waals surface area contributed by atoms with Crippen molar-refractivity contribution in [2.75, 3.05) is 45.8 Å². The van der Waals surface area contributed by atoms with Gasteiger partial charge in [0.2, 0.25) is 5.91 Å². The van der Waals surface area contributed by atoms with Gasteiger partial charge in [0.05, 0.1) is 6.54 Å². The Morgan fingerprint density at radius 3 is 2.21 bits per heavy atom. The van der Waals surface area contributed by atoms with E-state index < -0.39 is 0 Å². The van der Waals surface area contributed by atoms with Crippen molar-refractivity contribution in [1.82, 2.24) is 19.7 Å². The van der Waals surface area contributed by atoms with Crippen molar-refractivity contribution in [1.29, 1.82) is 0 Å².